The smallest absolute Gasteiger partial charge is 0.194 e. The zero-order valence-electron chi connectivity index (χ0n) is 16.6. The second kappa shape index (κ2) is 9.85. The third-order valence-electron chi connectivity index (χ3n) is 4.71. The molecule has 0 radical (unpaired) electrons. The van der Waals surface area contributed by atoms with Gasteiger partial charge in [-0.2, -0.15) is 0 Å². The summed E-state index contributed by atoms with van der Waals surface area (Å²) in [6, 6.07) is 8.49. The van der Waals surface area contributed by atoms with Crippen LogP contribution in [0, 0.1) is 13.8 Å². The molecule has 1 aliphatic heterocycles. The predicted octanol–water partition coefficient (Wildman–Crippen LogP) is 3.73. The lowest BCUT2D eigenvalue weighted by molar-refractivity contribution is -0.00832. The van der Waals surface area contributed by atoms with Crippen LogP contribution in [0.25, 0.3) is 0 Å². The molecule has 1 aliphatic rings. The van der Waals surface area contributed by atoms with E-state index in [1.807, 2.05) is 6.92 Å². The summed E-state index contributed by atoms with van der Waals surface area (Å²) >= 11 is 1.74. The quantitative estimate of drug-likeness (QED) is 0.467. The fourth-order valence-corrected chi connectivity index (χ4v) is 4.15. The van der Waals surface area contributed by atoms with E-state index in [4.69, 9.17) is 9.73 Å². The zero-order chi connectivity index (χ0) is 19.1. The first-order chi connectivity index (χ1) is 13.2. The molecular weight excluding hydrogens is 356 g/mol. The molecule has 146 valence electrons. The van der Waals surface area contributed by atoms with Gasteiger partial charge in [-0.15, -0.1) is 11.3 Å². The van der Waals surface area contributed by atoms with Crippen molar-refractivity contribution >= 4 is 17.3 Å². The Bertz CT molecular complexity index is 758. The van der Waals surface area contributed by atoms with Gasteiger partial charge < -0.3 is 15.0 Å². The summed E-state index contributed by atoms with van der Waals surface area (Å²) in [6.07, 6.45) is 2.12. The highest BCUT2D eigenvalue weighted by atomic mass is 32.1. The molecule has 2 aromatic rings. The minimum Gasteiger partial charge on any atom is -0.370 e. The summed E-state index contributed by atoms with van der Waals surface area (Å²) in [5.41, 5.74) is 3.67. The number of aryl methyl sites for hydroxylation is 3. The summed E-state index contributed by atoms with van der Waals surface area (Å²) in [5.74, 6) is 0.995. The fraction of sp³-hybridized carbons (Fsp3) is 0.524. The molecule has 1 saturated heterocycles. The highest BCUT2D eigenvalue weighted by Gasteiger charge is 2.25. The zero-order valence-corrected chi connectivity index (χ0v) is 17.4. The topological polar surface area (TPSA) is 49.8 Å². The van der Waals surface area contributed by atoms with Crippen LogP contribution in [0.5, 0.6) is 0 Å². The average Bonchev–Trinajstić information content (AvgIpc) is 3.10. The average molecular weight is 387 g/mol. The first kappa shape index (κ1) is 19.8. The first-order valence-electron chi connectivity index (χ1n) is 9.78. The van der Waals surface area contributed by atoms with Gasteiger partial charge in [-0.3, -0.25) is 4.99 Å². The normalized spacial score (nSPS) is 18.0. The molecule has 0 saturated carbocycles. The molecule has 6 heteroatoms. The van der Waals surface area contributed by atoms with Crippen molar-refractivity contribution in [2.24, 2.45) is 4.99 Å². The second-order valence-electron chi connectivity index (χ2n) is 6.88. The summed E-state index contributed by atoms with van der Waals surface area (Å²) in [5, 5.41) is 6.77. The van der Waals surface area contributed by atoms with Crippen LogP contribution in [0.3, 0.4) is 0 Å². The lowest BCUT2D eigenvalue weighted by atomic mass is 10.0. The van der Waals surface area contributed by atoms with E-state index in [1.165, 1.54) is 16.1 Å². The fourth-order valence-electron chi connectivity index (χ4n) is 3.34. The van der Waals surface area contributed by atoms with Crippen molar-refractivity contribution in [3.05, 3.63) is 51.5 Å². The molecule has 0 aliphatic carbocycles. The predicted molar refractivity (Wildman–Crippen MR) is 113 cm³/mol. The third-order valence-corrected chi connectivity index (χ3v) is 5.74. The van der Waals surface area contributed by atoms with E-state index in [2.05, 4.69) is 58.7 Å². The van der Waals surface area contributed by atoms with Crippen LogP contribution in [0.4, 0.5) is 0 Å². The number of nitrogens with zero attached hydrogens (tertiary/aromatic N) is 3. The van der Waals surface area contributed by atoms with Crippen LogP contribution >= 0.6 is 11.3 Å². The number of thiazole rings is 1. The Morgan fingerprint density at radius 1 is 1.37 bits per heavy atom. The highest BCUT2D eigenvalue weighted by Crippen LogP contribution is 2.25. The van der Waals surface area contributed by atoms with Crippen LogP contribution in [-0.2, 0) is 11.2 Å². The lowest BCUT2D eigenvalue weighted by Gasteiger charge is -2.35. The largest absolute Gasteiger partial charge is 0.370 e. The van der Waals surface area contributed by atoms with Crippen LogP contribution < -0.4 is 5.32 Å². The molecule has 2 heterocycles. The van der Waals surface area contributed by atoms with E-state index in [1.54, 1.807) is 11.3 Å². The Hall–Kier alpha value is -1.92. The van der Waals surface area contributed by atoms with Gasteiger partial charge in [0.1, 0.15) is 6.10 Å². The van der Waals surface area contributed by atoms with Gasteiger partial charge in [-0.25, -0.2) is 4.98 Å². The van der Waals surface area contributed by atoms with Crippen molar-refractivity contribution in [1.82, 2.24) is 15.2 Å². The van der Waals surface area contributed by atoms with E-state index in [-0.39, 0.29) is 6.10 Å². The molecule has 0 amide bonds. The monoisotopic (exact) mass is 386 g/mol. The SMILES string of the molecule is CCNC(=NCCCc1nc(C)cs1)N1CCOC(c2ccccc2C)C1. The molecule has 1 aromatic heterocycles. The van der Waals surface area contributed by atoms with E-state index < -0.39 is 0 Å². The van der Waals surface area contributed by atoms with Crippen LogP contribution in [0.2, 0.25) is 0 Å². The molecule has 3 rings (SSSR count). The maximum absolute atomic E-state index is 6.06. The van der Waals surface area contributed by atoms with Gasteiger partial charge >= 0.3 is 0 Å². The van der Waals surface area contributed by atoms with Gasteiger partial charge in [0.25, 0.3) is 0 Å². The molecule has 1 fully saturated rings. The molecule has 0 bridgehead atoms. The lowest BCUT2D eigenvalue weighted by Crippen LogP contribution is -2.48. The van der Waals surface area contributed by atoms with Crippen LogP contribution in [0.1, 0.15) is 41.3 Å². The summed E-state index contributed by atoms with van der Waals surface area (Å²) in [7, 11) is 0. The molecule has 1 aromatic carbocycles. The van der Waals surface area contributed by atoms with Gasteiger partial charge in [-0.1, -0.05) is 24.3 Å². The molecule has 1 atom stereocenters. The Labute approximate surface area is 166 Å². The van der Waals surface area contributed by atoms with Crippen molar-refractivity contribution < 1.29 is 4.74 Å². The highest BCUT2D eigenvalue weighted by molar-refractivity contribution is 7.09. The minimum absolute atomic E-state index is 0.0992. The van der Waals surface area contributed by atoms with Crippen molar-refractivity contribution in [1.29, 1.82) is 0 Å². The maximum atomic E-state index is 6.06. The molecule has 0 spiro atoms. The van der Waals surface area contributed by atoms with E-state index in [0.717, 1.165) is 57.3 Å². The number of morpholine rings is 1. The number of rotatable bonds is 6. The van der Waals surface area contributed by atoms with E-state index in [9.17, 15) is 0 Å². The van der Waals surface area contributed by atoms with Crippen molar-refractivity contribution in [2.45, 2.75) is 39.7 Å². The number of ether oxygens (including phenoxy) is 1. The standard InChI is InChI=1S/C21H30N4OS/c1-4-22-21(23-11-7-10-20-24-17(3)15-27-20)25-12-13-26-19(14-25)18-9-6-5-8-16(18)2/h5-6,8-9,15,19H,4,7,10-14H2,1-3H3,(H,22,23). The van der Waals surface area contributed by atoms with E-state index in [0.29, 0.717) is 0 Å². The van der Waals surface area contributed by atoms with Crippen LogP contribution in [0.15, 0.2) is 34.6 Å². The second-order valence-corrected chi connectivity index (χ2v) is 7.83. The Morgan fingerprint density at radius 3 is 2.96 bits per heavy atom. The number of guanidine groups is 1. The molecular formula is C21H30N4OS. The third kappa shape index (κ3) is 5.53. The summed E-state index contributed by atoms with van der Waals surface area (Å²) < 4.78 is 6.06. The number of benzene rings is 1. The van der Waals surface area contributed by atoms with Crippen LogP contribution in [-0.4, -0.2) is 48.6 Å². The maximum Gasteiger partial charge on any atom is 0.194 e. The van der Waals surface area contributed by atoms with Gasteiger partial charge in [0, 0.05) is 37.1 Å². The van der Waals surface area contributed by atoms with Crippen molar-refractivity contribution in [3.63, 3.8) is 0 Å². The number of aliphatic imine (C=N–C) groups is 1. The van der Waals surface area contributed by atoms with Crippen molar-refractivity contribution in [3.8, 4) is 0 Å². The molecule has 27 heavy (non-hydrogen) atoms. The number of aromatic nitrogens is 1. The number of nitrogens with one attached hydrogen (secondary N) is 1. The molecule has 1 unspecified atom stereocenters. The molecule has 5 nitrogen and oxygen atoms in total. The van der Waals surface area contributed by atoms with Gasteiger partial charge in [-0.05, 0) is 38.3 Å². The summed E-state index contributed by atoms with van der Waals surface area (Å²) in [6.45, 7) is 10.4. The molecule has 1 N–H and O–H groups in total. The van der Waals surface area contributed by atoms with Gasteiger partial charge in [0.15, 0.2) is 5.96 Å². The Balaban J connectivity index is 1.60. The number of hydrogen-bond donors (Lipinski definition) is 1. The van der Waals surface area contributed by atoms with Crippen molar-refractivity contribution in [2.75, 3.05) is 32.8 Å². The summed E-state index contributed by atoms with van der Waals surface area (Å²) in [4.78, 5) is 11.7. The minimum atomic E-state index is 0.0992. The number of hydrogen-bond acceptors (Lipinski definition) is 4. The Morgan fingerprint density at radius 2 is 2.22 bits per heavy atom. The van der Waals surface area contributed by atoms with Gasteiger partial charge in [0.2, 0.25) is 0 Å². The van der Waals surface area contributed by atoms with Gasteiger partial charge in [0.05, 0.1) is 18.2 Å². The Kier molecular flexibility index (Phi) is 7.24. The first-order valence-corrected chi connectivity index (χ1v) is 10.7. The van der Waals surface area contributed by atoms with E-state index >= 15 is 0 Å².